The summed E-state index contributed by atoms with van der Waals surface area (Å²) in [6.45, 7) is 0. The first-order valence-corrected chi connectivity index (χ1v) is 5.57. The fraction of sp³-hybridized carbons (Fsp3) is 0.222. The third kappa shape index (κ3) is 3.50. The molecule has 0 saturated carbocycles. The second-order valence-corrected chi connectivity index (χ2v) is 4.65. The van der Waals surface area contributed by atoms with Gasteiger partial charge in [0.15, 0.2) is 0 Å². The van der Waals surface area contributed by atoms with Gasteiger partial charge < -0.3 is 0 Å². The molecule has 0 radical (unpaired) electrons. The van der Waals surface area contributed by atoms with Gasteiger partial charge in [-0.1, -0.05) is 0 Å². The van der Waals surface area contributed by atoms with E-state index in [0.29, 0.717) is 0 Å². The number of hydrogen-bond donors (Lipinski definition) is 0. The molecule has 0 aromatic heterocycles. The Hall–Kier alpha value is -0.392. The Morgan fingerprint density at radius 1 is 1.18 bits per heavy atom. The molecule has 0 spiro atoms. The van der Waals surface area contributed by atoms with Gasteiger partial charge in [-0.2, -0.15) is 0 Å². The molecule has 1 nitrogen and oxygen atoms in total. The Balaban J connectivity index is 2.65. The first-order chi connectivity index (χ1) is 5.29. The maximum atomic E-state index is 2.26. The van der Waals surface area contributed by atoms with Crippen LogP contribution in [-0.4, -0.2) is 39.2 Å². The van der Waals surface area contributed by atoms with E-state index in [-0.39, 0.29) is 15.3 Å². The number of nitrogens with zero attached hydrogens (tertiary/aromatic N) is 1. The standard InChI is InChI=1S/C9H12AsN/c1-11(2)8-10-9-6-4-3-5-7-9/h3-8H,1-2H3. The van der Waals surface area contributed by atoms with Gasteiger partial charge in [0, 0.05) is 0 Å². The number of hydrogen-bond acceptors (Lipinski definition) is 1. The minimum atomic E-state index is 0.225. The Bertz CT molecular complexity index is 229. The van der Waals surface area contributed by atoms with E-state index in [1.54, 1.807) is 0 Å². The van der Waals surface area contributed by atoms with Crippen LogP contribution in [0.5, 0.6) is 0 Å². The summed E-state index contributed by atoms with van der Waals surface area (Å²) in [5, 5.41) is 0. The third-order valence-electron chi connectivity index (χ3n) is 1.19. The normalized spacial score (nSPS) is 11.2. The van der Waals surface area contributed by atoms with Gasteiger partial charge in [0.25, 0.3) is 0 Å². The van der Waals surface area contributed by atoms with Crippen LogP contribution in [-0.2, 0) is 0 Å². The van der Waals surface area contributed by atoms with E-state index in [1.807, 2.05) is 0 Å². The fourth-order valence-corrected chi connectivity index (χ4v) is 2.18. The van der Waals surface area contributed by atoms with Gasteiger partial charge >= 0.3 is 73.9 Å². The maximum absolute atomic E-state index is 2.26. The van der Waals surface area contributed by atoms with Crippen molar-refractivity contribution in [2.45, 2.75) is 0 Å². The first-order valence-electron chi connectivity index (χ1n) is 3.55. The van der Waals surface area contributed by atoms with Crippen molar-refractivity contribution >= 4 is 24.6 Å². The predicted octanol–water partition coefficient (Wildman–Crippen LogP) is 0.337. The molecular formula is C9H12AsN. The van der Waals surface area contributed by atoms with Gasteiger partial charge in [0.1, 0.15) is 0 Å². The Kier molecular flexibility index (Phi) is 3.54. The summed E-state index contributed by atoms with van der Waals surface area (Å²) in [7, 11) is 4.14. The van der Waals surface area contributed by atoms with Crippen LogP contribution in [0, 0.1) is 0 Å². The average Bonchev–Trinajstić information content (AvgIpc) is 2.03. The molecule has 0 saturated heterocycles. The molecule has 1 aromatic rings. The van der Waals surface area contributed by atoms with Crippen molar-refractivity contribution in [3.8, 4) is 0 Å². The average molecular weight is 209 g/mol. The summed E-state index contributed by atoms with van der Waals surface area (Å²) in [6.07, 6.45) is 0. The van der Waals surface area contributed by atoms with Crippen LogP contribution in [0.25, 0.3) is 0 Å². The van der Waals surface area contributed by atoms with Gasteiger partial charge in [0.05, 0.1) is 0 Å². The number of rotatable bonds is 2. The van der Waals surface area contributed by atoms with Crippen molar-refractivity contribution in [2.24, 2.45) is 0 Å². The van der Waals surface area contributed by atoms with Crippen LogP contribution < -0.4 is 4.35 Å². The molecule has 0 bridgehead atoms. The van der Waals surface area contributed by atoms with E-state index in [9.17, 15) is 0 Å². The Labute approximate surface area is 74.3 Å². The topological polar surface area (TPSA) is 3.24 Å². The van der Waals surface area contributed by atoms with E-state index >= 15 is 0 Å². The SMILES string of the molecule is CN(C)C=[As]c1ccccc1. The van der Waals surface area contributed by atoms with Crippen LogP contribution in [0.1, 0.15) is 0 Å². The first kappa shape index (κ1) is 8.70. The van der Waals surface area contributed by atoms with Gasteiger partial charge in [0.2, 0.25) is 0 Å². The minimum absolute atomic E-state index is 0.225. The Morgan fingerprint density at radius 3 is 2.36 bits per heavy atom. The van der Waals surface area contributed by atoms with Crippen molar-refractivity contribution in [3.63, 3.8) is 0 Å². The van der Waals surface area contributed by atoms with Gasteiger partial charge in [-0.15, -0.1) is 0 Å². The summed E-state index contributed by atoms with van der Waals surface area (Å²) in [4.78, 5) is 4.37. The van der Waals surface area contributed by atoms with E-state index in [4.69, 9.17) is 0 Å². The van der Waals surface area contributed by atoms with Crippen molar-refractivity contribution in [1.29, 1.82) is 0 Å². The zero-order chi connectivity index (χ0) is 8.10. The zero-order valence-electron chi connectivity index (χ0n) is 6.86. The van der Waals surface area contributed by atoms with Crippen molar-refractivity contribution in [2.75, 3.05) is 14.1 Å². The Morgan fingerprint density at radius 2 is 1.82 bits per heavy atom. The van der Waals surface area contributed by atoms with Crippen molar-refractivity contribution in [3.05, 3.63) is 30.3 Å². The summed E-state index contributed by atoms with van der Waals surface area (Å²) < 4.78 is 1.46. The van der Waals surface area contributed by atoms with Crippen LogP contribution in [0.15, 0.2) is 30.3 Å². The third-order valence-corrected chi connectivity index (χ3v) is 3.66. The molecule has 0 unspecified atom stereocenters. The molecule has 2 heteroatoms. The van der Waals surface area contributed by atoms with Gasteiger partial charge in [-0.05, 0) is 0 Å². The van der Waals surface area contributed by atoms with Crippen LogP contribution in [0.3, 0.4) is 0 Å². The van der Waals surface area contributed by atoms with E-state index < -0.39 is 0 Å². The molecule has 0 amide bonds. The summed E-state index contributed by atoms with van der Waals surface area (Å²) in [5.41, 5.74) is 0. The summed E-state index contributed by atoms with van der Waals surface area (Å²) >= 11 is 0.225. The quantitative estimate of drug-likeness (QED) is 0.635. The summed E-state index contributed by atoms with van der Waals surface area (Å²) in [5.74, 6) is 0. The second-order valence-electron chi connectivity index (χ2n) is 2.54. The molecule has 0 atom stereocenters. The van der Waals surface area contributed by atoms with Crippen molar-refractivity contribution < 1.29 is 0 Å². The molecule has 11 heavy (non-hydrogen) atoms. The second kappa shape index (κ2) is 4.48. The molecule has 0 aliphatic heterocycles. The van der Waals surface area contributed by atoms with Gasteiger partial charge in [-0.25, -0.2) is 0 Å². The summed E-state index contributed by atoms with van der Waals surface area (Å²) in [6, 6.07) is 10.6. The van der Waals surface area contributed by atoms with Crippen LogP contribution in [0.2, 0.25) is 0 Å². The molecule has 1 rings (SSSR count). The zero-order valence-corrected chi connectivity index (χ0v) is 8.74. The predicted molar refractivity (Wildman–Crippen MR) is 51.6 cm³/mol. The van der Waals surface area contributed by atoms with Crippen LogP contribution >= 0.6 is 0 Å². The van der Waals surface area contributed by atoms with E-state index in [0.717, 1.165) is 0 Å². The van der Waals surface area contributed by atoms with E-state index in [1.165, 1.54) is 4.35 Å². The molecule has 0 N–H and O–H groups in total. The van der Waals surface area contributed by atoms with Crippen LogP contribution in [0.4, 0.5) is 0 Å². The molecule has 1 aromatic carbocycles. The molecule has 0 fully saturated rings. The molecule has 0 heterocycles. The van der Waals surface area contributed by atoms with Crippen molar-refractivity contribution in [1.82, 2.24) is 4.90 Å². The monoisotopic (exact) mass is 209 g/mol. The van der Waals surface area contributed by atoms with E-state index in [2.05, 4.69) is 54.3 Å². The molecular weight excluding hydrogens is 197 g/mol. The molecule has 58 valence electrons. The molecule has 0 aliphatic rings. The number of benzene rings is 1. The fourth-order valence-electron chi connectivity index (χ4n) is 0.696. The van der Waals surface area contributed by atoms with Gasteiger partial charge in [-0.3, -0.25) is 0 Å². The molecule has 0 aliphatic carbocycles.